The van der Waals surface area contributed by atoms with Gasteiger partial charge >= 0.3 is 5.97 Å². The molecule has 4 nitrogen and oxygen atoms in total. The fourth-order valence-corrected chi connectivity index (χ4v) is 2.11. The van der Waals surface area contributed by atoms with Gasteiger partial charge in [-0.1, -0.05) is 19.1 Å². The minimum absolute atomic E-state index is 0.0222. The highest BCUT2D eigenvalue weighted by molar-refractivity contribution is 5.83. The van der Waals surface area contributed by atoms with Crippen LogP contribution in [0.2, 0.25) is 0 Å². The van der Waals surface area contributed by atoms with Crippen LogP contribution in [0.15, 0.2) is 24.3 Å². The van der Waals surface area contributed by atoms with E-state index < -0.39 is 5.97 Å². The second-order valence-corrected chi connectivity index (χ2v) is 4.25. The van der Waals surface area contributed by atoms with E-state index in [9.17, 15) is 4.79 Å². The Balaban J connectivity index is 2.40. The molecule has 86 valence electrons. The Hall–Kier alpha value is -1.71. The highest BCUT2D eigenvalue weighted by atomic mass is 16.4. The van der Waals surface area contributed by atoms with E-state index >= 15 is 0 Å². The number of rotatable bonds is 3. The van der Waals surface area contributed by atoms with Gasteiger partial charge < -0.3 is 15.3 Å². The molecule has 0 amide bonds. The first kappa shape index (κ1) is 10.8. The summed E-state index contributed by atoms with van der Waals surface area (Å²) in [6, 6.07) is 7.81. The van der Waals surface area contributed by atoms with Gasteiger partial charge in [0, 0.05) is 0 Å². The normalized spacial score (nSPS) is 22.8. The SMILES string of the molecule is CCC1(C)Nc2ccccc2N1CC(=O)O. The van der Waals surface area contributed by atoms with E-state index in [0.717, 1.165) is 17.8 Å². The molecule has 0 bridgehead atoms. The van der Waals surface area contributed by atoms with Gasteiger partial charge in [0.05, 0.1) is 11.4 Å². The summed E-state index contributed by atoms with van der Waals surface area (Å²) in [6.07, 6.45) is 0.842. The molecule has 0 aromatic heterocycles. The molecule has 1 atom stereocenters. The van der Waals surface area contributed by atoms with Crippen LogP contribution in [0, 0.1) is 0 Å². The lowest BCUT2D eigenvalue weighted by atomic mass is 10.1. The number of aliphatic carboxylic acids is 1. The van der Waals surface area contributed by atoms with Gasteiger partial charge in [0.1, 0.15) is 12.2 Å². The molecule has 0 saturated carbocycles. The van der Waals surface area contributed by atoms with Gasteiger partial charge in [-0.05, 0) is 25.5 Å². The number of carboxylic acids is 1. The van der Waals surface area contributed by atoms with Gasteiger partial charge in [-0.15, -0.1) is 0 Å². The molecule has 0 aliphatic carbocycles. The van der Waals surface area contributed by atoms with Crippen molar-refractivity contribution in [1.82, 2.24) is 0 Å². The third-order valence-electron chi connectivity index (χ3n) is 3.18. The maximum absolute atomic E-state index is 10.9. The van der Waals surface area contributed by atoms with Crippen molar-refractivity contribution < 1.29 is 9.90 Å². The Labute approximate surface area is 94.9 Å². The molecule has 1 heterocycles. The lowest BCUT2D eigenvalue weighted by Gasteiger charge is -2.35. The summed E-state index contributed by atoms with van der Waals surface area (Å²) in [7, 11) is 0. The summed E-state index contributed by atoms with van der Waals surface area (Å²) in [5.41, 5.74) is 1.67. The summed E-state index contributed by atoms with van der Waals surface area (Å²) >= 11 is 0. The lowest BCUT2D eigenvalue weighted by molar-refractivity contribution is -0.135. The van der Waals surface area contributed by atoms with Gasteiger partial charge in [-0.25, -0.2) is 0 Å². The van der Waals surface area contributed by atoms with E-state index in [2.05, 4.69) is 5.32 Å². The molecule has 1 aliphatic rings. The Morgan fingerprint density at radius 2 is 2.19 bits per heavy atom. The molecule has 0 spiro atoms. The number of benzene rings is 1. The fourth-order valence-electron chi connectivity index (χ4n) is 2.11. The van der Waals surface area contributed by atoms with Crippen LogP contribution < -0.4 is 10.2 Å². The number of nitrogens with one attached hydrogen (secondary N) is 1. The van der Waals surface area contributed by atoms with Crippen molar-refractivity contribution in [3.63, 3.8) is 0 Å². The Morgan fingerprint density at radius 1 is 1.50 bits per heavy atom. The standard InChI is InChI=1S/C12H16N2O2/c1-3-12(2)13-9-6-4-5-7-10(9)14(12)8-11(15)16/h4-7,13H,3,8H2,1-2H3,(H,15,16). The maximum atomic E-state index is 10.9. The zero-order valence-electron chi connectivity index (χ0n) is 9.53. The average molecular weight is 220 g/mol. The second kappa shape index (κ2) is 3.70. The topological polar surface area (TPSA) is 52.6 Å². The first-order valence-corrected chi connectivity index (χ1v) is 5.43. The van der Waals surface area contributed by atoms with Crippen molar-refractivity contribution in [2.24, 2.45) is 0 Å². The number of hydrogen-bond donors (Lipinski definition) is 2. The Bertz CT molecular complexity index is 419. The molecule has 1 aliphatic heterocycles. The van der Waals surface area contributed by atoms with Gasteiger partial charge in [-0.2, -0.15) is 0 Å². The Kier molecular flexibility index (Phi) is 2.50. The second-order valence-electron chi connectivity index (χ2n) is 4.25. The van der Waals surface area contributed by atoms with E-state index in [1.165, 1.54) is 0 Å². The van der Waals surface area contributed by atoms with Crippen molar-refractivity contribution in [2.75, 3.05) is 16.8 Å². The summed E-state index contributed by atoms with van der Waals surface area (Å²) in [5, 5.41) is 12.3. The quantitative estimate of drug-likeness (QED) is 0.819. The summed E-state index contributed by atoms with van der Waals surface area (Å²) < 4.78 is 0. The minimum Gasteiger partial charge on any atom is -0.480 e. The van der Waals surface area contributed by atoms with Crippen molar-refractivity contribution >= 4 is 17.3 Å². The molecular weight excluding hydrogens is 204 g/mol. The summed E-state index contributed by atoms with van der Waals surface area (Å²) in [5.74, 6) is -0.807. The van der Waals surface area contributed by atoms with Crippen LogP contribution >= 0.6 is 0 Å². The predicted molar refractivity (Wildman–Crippen MR) is 63.7 cm³/mol. The summed E-state index contributed by atoms with van der Waals surface area (Å²) in [6.45, 7) is 4.10. The smallest absolute Gasteiger partial charge is 0.323 e. The molecule has 2 rings (SSSR count). The lowest BCUT2D eigenvalue weighted by Crippen LogP contribution is -2.49. The number of fused-ring (bicyclic) bond motifs is 1. The molecule has 4 heteroatoms. The van der Waals surface area contributed by atoms with Gasteiger partial charge in [0.25, 0.3) is 0 Å². The van der Waals surface area contributed by atoms with Crippen LogP contribution in [0.5, 0.6) is 0 Å². The highest BCUT2D eigenvalue weighted by Crippen LogP contribution is 2.40. The molecule has 0 fully saturated rings. The van der Waals surface area contributed by atoms with Gasteiger partial charge in [-0.3, -0.25) is 4.79 Å². The zero-order chi connectivity index (χ0) is 11.8. The van der Waals surface area contributed by atoms with Crippen LogP contribution in [0.25, 0.3) is 0 Å². The maximum Gasteiger partial charge on any atom is 0.323 e. The zero-order valence-corrected chi connectivity index (χ0v) is 9.53. The van der Waals surface area contributed by atoms with Crippen molar-refractivity contribution in [1.29, 1.82) is 0 Å². The van der Waals surface area contributed by atoms with Crippen LogP contribution in [0.1, 0.15) is 20.3 Å². The highest BCUT2D eigenvalue weighted by Gasteiger charge is 2.38. The van der Waals surface area contributed by atoms with Crippen molar-refractivity contribution in [3.05, 3.63) is 24.3 Å². The van der Waals surface area contributed by atoms with Crippen LogP contribution in [-0.2, 0) is 4.79 Å². The van der Waals surface area contributed by atoms with E-state index in [0.29, 0.717) is 0 Å². The Morgan fingerprint density at radius 3 is 2.81 bits per heavy atom. The molecule has 1 aromatic carbocycles. The van der Waals surface area contributed by atoms with Gasteiger partial charge in [0.2, 0.25) is 0 Å². The molecule has 1 aromatic rings. The number of para-hydroxylation sites is 2. The van der Waals surface area contributed by atoms with Crippen LogP contribution in [0.4, 0.5) is 11.4 Å². The average Bonchev–Trinajstić information content (AvgIpc) is 2.53. The molecule has 0 radical (unpaired) electrons. The molecule has 1 unspecified atom stereocenters. The number of carboxylic acid groups (broad SMARTS) is 1. The van der Waals surface area contributed by atoms with Crippen molar-refractivity contribution in [2.45, 2.75) is 25.9 Å². The van der Waals surface area contributed by atoms with E-state index in [-0.39, 0.29) is 12.2 Å². The first-order chi connectivity index (χ1) is 7.57. The van der Waals surface area contributed by atoms with E-state index in [4.69, 9.17) is 5.11 Å². The first-order valence-electron chi connectivity index (χ1n) is 5.43. The molecule has 2 N–H and O–H groups in total. The number of anilines is 2. The number of hydrogen-bond acceptors (Lipinski definition) is 3. The van der Waals surface area contributed by atoms with Crippen molar-refractivity contribution in [3.8, 4) is 0 Å². The van der Waals surface area contributed by atoms with Gasteiger partial charge in [0.15, 0.2) is 0 Å². The van der Waals surface area contributed by atoms with E-state index in [1.807, 2.05) is 43.0 Å². The van der Waals surface area contributed by atoms with Crippen LogP contribution in [-0.4, -0.2) is 23.3 Å². The van der Waals surface area contributed by atoms with Crippen LogP contribution in [0.3, 0.4) is 0 Å². The largest absolute Gasteiger partial charge is 0.480 e. The predicted octanol–water partition coefficient (Wildman–Crippen LogP) is 2.13. The number of nitrogens with zero attached hydrogens (tertiary/aromatic N) is 1. The fraction of sp³-hybridized carbons (Fsp3) is 0.417. The number of carbonyl (C=O) groups is 1. The van der Waals surface area contributed by atoms with E-state index in [1.54, 1.807) is 0 Å². The minimum atomic E-state index is -0.807. The summed E-state index contributed by atoms with van der Waals surface area (Å²) in [4.78, 5) is 12.8. The third-order valence-corrected chi connectivity index (χ3v) is 3.18. The third kappa shape index (κ3) is 1.60. The monoisotopic (exact) mass is 220 g/mol. The molecule has 16 heavy (non-hydrogen) atoms. The molecule has 0 saturated heterocycles. The molecular formula is C12H16N2O2.